The highest BCUT2D eigenvalue weighted by molar-refractivity contribution is 5.97. The van der Waals surface area contributed by atoms with Crippen molar-refractivity contribution in [1.29, 1.82) is 5.26 Å². The summed E-state index contributed by atoms with van der Waals surface area (Å²) in [5, 5.41) is 12.6. The molecule has 0 radical (unpaired) electrons. The molecule has 0 spiro atoms. The van der Waals surface area contributed by atoms with Gasteiger partial charge in [0.1, 0.15) is 11.6 Å². The molecule has 0 bridgehead atoms. The summed E-state index contributed by atoms with van der Waals surface area (Å²) in [5.41, 5.74) is 2.13. The Morgan fingerprint density at radius 1 is 1.11 bits per heavy atom. The molecule has 1 aliphatic rings. The van der Waals surface area contributed by atoms with E-state index in [4.69, 9.17) is 0 Å². The van der Waals surface area contributed by atoms with Crippen molar-refractivity contribution in [1.82, 2.24) is 10.2 Å². The van der Waals surface area contributed by atoms with Gasteiger partial charge >= 0.3 is 0 Å². The Balaban J connectivity index is 1.84. The molecule has 1 unspecified atom stereocenters. The number of nitrogens with zero attached hydrogens (tertiary/aromatic N) is 2. The number of benzene rings is 2. The molecule has 1 heterocycles. The molecule has 3 rings (SSSR count). The van der Waals surface area contributed by atoms with Gasteiger partial charge in [0.25, 0.3) is 5.91 Å². The van der Waals surface area contributed by atoms with E-state index in [-0.39, 0.29) is 17.5 Å². The molecule has 27 heavy (non-hydrogen) atoms. The lowest BCUT2D eigenvalue weighted by Crippen LogP contribution is -2.35. The van der Waals surface area contributed by atoms with Crippen LogP contribution in [0.2, 0.25) is 0 Å². The molecule has 1 amide bonds. The molecule has 0 saturated carbocycles. The molecule has 4 heteroatoms. The van der Waals surface area contributed by atoms with Crippen LogP contribution in [0, 0.1) is 11.3 Å². The zero-order valence-corrected chi connectivity index (χ0v) is 15.6. The van der Waals surface area contributed by atoms with E-state index >= 15 is 0 Å². The molecule has 1 aliphatic heterocycles. The van der Waals surface area contributed by atoms with Gasteiger partial charge in [0.05, 0.1) is 6.04 Å². The molecule has 4 nitrogen and oxygen atoms in total. The van der Waals surface area contributed by atoms with Crippen molar-refractivity contribution in [2.45, 2.75) is 38.3 Å². The second-order valence-electron chi connectivity index (χ2n) is 6.97. The van der Waals surface area contributed by atoms with E-state index in [0.29, 0.717) is 6.04 Å². The van der Waals surface area contributed by atoms with Crippen LogP contribution in [0.1, 0.15) is 43.4 Å². The quantitative estimate of drug-likeness (QED) is 0.644. The largest absolute Gasteiger partial charge is 0.373 e. The number of carbonyl (C=O) groups is 1. The maximum absolute atomic E-state index is 12.9. The minimum atomic E-state index is -0.340. The molecule has 2 aromatic rings. The van der Waals surface area contributed by atoms with Crippen LogP contribution >= 0.6 is 0 Å². The number of piperidine rings is 1. The molecular weight excluding hydrogens is 334 g/mol. The predicted molar refractivity (Wildman–Crippen MR) is 107 cm³/mol. The van der Waals surface area contributed by atoms with Gasteiger partial charge in [-0.05, 0) is 37.3 Å². The van der Waals surface area contributed by atoms with E-state index in [1.54, 1.807) is 6.20 Å². The highest BCUT2D eigenvalue weighted by Gasteiger charge is 2.21. The molecular formula is C23H25N3O. The molecule has 0 aromatic heterocycles. The standard InChI is InChI=1S/C23H25N3O/c1-18-10-8-9-15-26(18)17-21(16-24)23(27)25-22(19-11-4-2-5-12-19)20-13-6-3-7-14-20/h2-7,11-14,17-18,22H,8-10,15H2,1H3,(H,25,27)/b21-17-. The Morgan fingerprint density at radius 3 is 2.22 bits per heavy atom. The summed E-state index contributed by atoms with van der Waals surface area (Å²) < 4.78 is 0. The molecule has 138 valence electrons. The summed E-state index contributed by atoms with van der Waals surface area (Å²) in [7, 11) is 0. The second-order valence-corrected chi connectivity index (χ2v) is 6.97. The van der Waals surface area contributed by atoms with Crippen molar-refractivity contribution >= 4 is 5.91 Å². The van der Waals surface area contributed by atoms with E-state index < -0.39 is 0 Å². The highest BCUT2D eigenvalue weighted by atomic mass is 16.1. The topological polar surface area (TPSA) is 56.1 Å². The third-order valence-electron chi connectivity index (χ3n) is 5.06. The number of rotatable bonds is 5. The van der Waals surface area contributed by atoms with Crippen LogP contribution in [0.4, 0.5) is 0 Å². The van der Waals surface area contributed by atoms with Gasteiger partial charge in [0.15, 0.2) is 0 Å². The number of nitrogens with one attached hydrogen (secondary N) is 1. The van der Waals surface area contributed by atoms with Crippen LogP contribution in [-0.2, 0) is 4.79 Å². The normalized spacial score (nSPS) is 17.4. The zero-order chi connectivity index (χ0) is 19.1. The summed E-state index contributed by atoms with van der Waals surface area (Å²) >= 11 is 0. The van der Waals surface area contributed by atoms with Crippen LogP contribution in [0.25, 0.3) is 0 Å². The summed E-state index contributed by atoms with van der Waals surface area (Å²) in [6, 6.07) is 21.8. The van der Waals surface area contributed by atoms with Crippen LogP contribution in [-0.4, -0.2) is 23.4 Å². The number of hydrogen-bond donors (Lipinski definition) is 1. The fourth-order valence-corrected chi connectivity index (χ4v) is 3.48. The third-order valence-corrected chi connectivity index (χ3v) is 5.06. The number of nitriles is 1. The SMILES string of the molecule is CC1CCCCN1/C=C(/C#N)C(=O)NC(c1ccccc1)c1ccccc1. The average Bonchev–Trinajstić information content (AvgIpc) is 2.72. The van der Waals surface area contributed by atoms with Crippen molar-refractivity contribution in [3.63, 3.8) is 0 Å². The fraction of sp³-hybridized carbons (Fsp3) is 0.304. The monoisotopic (exact) mass is 359 g/mol. The van der Waals surface area contributed by atoms with Crippen LogP contribution < -0.4 is 5.32 Å². The minimum absolute atomic E-state index is 0.153. The Hall–Kier alpha value is -3.06. The number of carbonyl (C=O) groups excluding carboxylic acids is 1. The Labute approximate surface area is 161 Å². The van der Waals surface area contributed by atoms with Gasteiger partial charge in [-0.15, -0.1) is 0 Å². The first kappa shape index (κ1) is 18.7. The fourth-order valence-electron chi connectivity index (χ4n) is 3.48. The summed E-state index contributed by atoms with van der Waals surface area (Å²) in [6.07, 6.45) is 5.11. The first-order chi connectivity index (χ1) is 13.2. The molecule has 1 atom stereocenters. The van der Waals surface area contributed by atoms with Gasteiger partial charge in [0.2, 0.25) is 0 Å². The maximum atomic E-state index is 12.9. The lowest BCUT2D eigenvalue weighted by molar-refractivity contribution is -0.117. The molecule has 1 saturated heterocycles. The van der Waals surface area contributed by atoms with Crippen LogP contribution in [0.15, 0.2) is 72.4 Å². The smallest absolute Gasteiger partial charge is 0.264 e. The van der Waals surface area contributed by atoms with E-state index in [1.165, 1.54) is 6.42 Å². The lowest BCUT2D eigenvalue weighted by atomic mass is 9.98. The second kappa shape index (κ2) is 9.05. The van der Waals surface area contributed by atoms with Gasteiger partial charge in [0, 0.05) is 18.8 Å². The third kappa shape index (κ3) is 4.77. The van der Waals surface area contributed by atoms with E-state index in [2.05, 4.69) is 23.2 Å². The first-order valence-electron chi connectivity index (χ1n) is 9.47. The van der Waals surface area contributed by atoms with Crippen molar-refractivity contribution in [2.75, 3.05) is 6.54 Å². The number of hydrogen-bond acceptors (Lipinski definition) is 3. The summed E-state index contributed by atoms with van der Waals surface area (Å²) in [4.78, 5) is 15.0. The van der Waals surface area contributed by atoms with Gasteiger partial charge in [-0.2, -0.15) is 5.26 Å². The zero-order valence-electron chi connectivity index (χ0n) is 15.6. The van der Waals surface area contributed by atoms with Gasteiger partial charge in [-0.3, -0.25) is 4.79 Å². The van der Waals surface area contributed by atoms with Gasteiger partial charge in [-0.25, -0.2) is 0 Å². The molecule has 2 aromatic carbocycles. The van der Waals surface area contributed by atoms with Crippen molar-refractivity contribution in [2.24, 2.45) is 0 Å². The highest BCUT2D eigenvalue weighted by Crippen LogP contribution is 2.23. The van der Waals surface area contributed by atoms with E-state index in [1.807, 2.05) is 60.7 Å². The maximum Gasteiger partial charge on any atom is 0.264 e. The lowest BCUT2D eigenvalue weighted by Gasteiger charge is -2.32. The minimum Gasteiger partial charge on any atom is -0.373 e. The van der Waals surface area contributed by atoms with Crippen LogP contribution in [0.5, 0.6) is 0 Å². The molecule has 1 fully saturated rings. The van der Waals surface area contributed by atoms with Gasteiger partial charge in [-0.1, -0.05) is 60.7 Å². The predicted octanol–water partition coefficient (Wildman–Crippen LogP) is 4.17. The number of likely N-dealkylation sites (tertiary alicyclic amines) is 1. The van der Waals surface area contributed by atoms with E-state index in [0.717, 1.165) is 30.5 Å². The van der Waals surface area contributed by atoms with Gasteiger partial charge < -0.3 is 10.2 Å². The summed E-state index contributed by atoms with van der Waals surface area (Å²) in [6.45, 7) is 3.03. The number of amides is 1. The van der Waals surface area contributed by atoms with Crippen LogP contribution in [0.3, 0.4) is 0 Å². The van der Waals surface area contributed by atoms with Crippen molar-refractivity contribution < 1.29 is 4.79 Å². The molecule has 0 aliphatic carbocycles. The molecule has 1 N–H and O–H groups in total. The Bertz CT molecular complexity index is 784. The average molecular weight is 359 g/mol. The first-order valence-corrected chi connectivity index (χ1v) is 9.47. The Morgan fingerprint density at radius 2 is 1.70 bits per heavy atom. The Kier molecular flexibility index (Phi) is 6.27. The van der Waals surface area contributed by atoms with Crippen molar-refractivity contribution in [3.05, 3.63) is 83.6 Å². The van der Waals surface area contributed by atoms with E-state index in [9.17, 15) is 10.1 Å². The van der Waals surface area contributed by atoms with Crippen molar-refractivity contribution in [3.8, 4) is 6.07 Å². The summed E-state index contributed by atoms with van der Waals surface area (Å²) in [5.74, 6) is -0.340.